The molecule has 1 amide bonds. The summed E-state index contributed by atoms with van der Waals surface area (Å²) in [6.45, 7) is 10.1. The fraction of sp³-hybridized carbons (Fsp3) is 0.947. The van der Waals surface area contributed by atoms with Gasteiger partial charge in [0.15, 0.2) is 0 Å². The average Bonchev–Trinajstić information content (AvgIpc) is 2.59. The third-order valence-electron chi connectivity index (χ3n) is 5.48. The van der Waals surface area contributed by atoms with E-state index in [0.717, 1.165) is 58.2 Å². The molecule has 0 radical (unpaired) electrons. The monoisotopic (exact) mass is 324 g/mol. The van der Waals surface area contributed by atoms with Gasteiger partial charge in [-0.25, -0.2) is 0 Å². The molecule has 1 saturated heterocycles. The quantitative estimate of drug-likeness (QED) is 0.746. The summed E-state index contributed by atoms with van der Waals surface area (Å²) < 4.78 is 5.38. The summed E-state index contributed by atoms with van der Waals surface area (Å²) in [6, 6.07) is 0. The highest BCUT2D eigenvalue weighted by molar-refractivity contribution is 5.78. The largest absolute Gasteiger partial charge is 0.379 e. The Bertz CT molecular complexity index is 334. The predicted molar refractivity (Wildman–Crippen MR) is 94.4 cm³/mol. The molecule has 2 fully saturated rings. The van der Waals surface area contributed by atoms with E-state index in [1.54, 1.807) is 0 Å². The summed E-state index contributed by atoms with van der Waals surface area (Å²) in [4.78, 5) is 14.8. The molecule has 0 bridgehead atoms. The van der Waals surface area contributed by atoms with Crippen molar-refractivity contribution >= 4 is 5.91 Å². The summed E-state index contributed by atoms with van der Waals surface area (Å²) in [5.74, 6) is 1.95. The summed E-state index contributed by atoms with van der Waals surface area (Å²) in [5, 5.41) is 3.20. The van der Waals surface area contributed by atoms with Crippen molar-refractivity contribution in [1.29, 1.82) is 0 Å². The van der Waals surface area contributed by atoms with Crippen LogP contribution < -0.4 is 5.32 Å². The first-order valence-corrected chi connectivity index (χ1v) is 9.76. The Kier molecular flexibility index (Phi) is 8.38. The van der Waals surface area contributed by atoms with E-state index in [2.05, 4.69) is 24.1 Å². The Balaban J connectivity index is 1.59. The SMILES string of the molecule is CCCCC1CCC(C(=O)NCC(C)CN2CCOCC2)CC1. The molecule has 1 unspecified atom stereocenters. The fourth-order valence-electron chi connectivity index (χ4n) is 3.91. The zero-order valence-corrected chi connectivity index (χ0v) is 15.2. The third kappa shape index (κ3) is 6.80. The minimum absolute atomic E-state index is 0.267. The number of rotatable bonds is 8. The number of hydrogen-bond donors (Lipinski definition) is 1. The van der Waals surface area contributed by atoms with Gasteiger partial charge in [0.05, 0.1) is 13.2 Å². The van der Waals surface area contributed by atoms with Crippen LogP contribution in [0.2, 0.25) is 0 Å². The van der Waals surface area contributed by atoms with E-state index in [1.165, 1.54) is 32.1 Å². The standard InChI is InChI=1S/C19H36N2O2/c1-3-4-5-17-6-8-18(9-7-17)19(22)20-14-16(2)15-21-10-12-23-13-11-21/h16-18H,3-15H2,1-2H3,(H,20,22). The topological polar surface area (TPSA) is 41.6 Å². The number of nitrogens with one attached hydrogen (secondary N) is 1. The number of carbonyl (C=O) groups is 1. The average molecular weight is 325 g/mol. The van der Waals surface area contributed by atoms with Crippen LogP contribution in [0, 0.1) is 17.8 Å². The molecule has 2 rings (SSSR count). The maximum absolute atomic E-state index is 12.4. The molecule has 0 aromatic carbocycles. The van der Waals surface area contributed by atoms with Gasteiger partial charge < -0.3 is 10.1 Å². The number of morpholine rings is 1. The van der Waals surface area contributed by atoms with Crippen molar-refractivity contribution in [3.05, 3.63) is 0 Å². The number of amides is 1. The van der Waals surface area contributed by atoms with Crippen LogP contribution in [0.1, 0.15) is 58.8 Å². The van der Waals surface area contributed by atoms with Crippen LogP contribution in [0.5, 0.6) is 0 Å². The summed E-state index contributed by atoms with van der Waals surface area (Å²) in [5.41, 5.74) is 0. The fourth-order valence-corrected chi connectivity index (χ4v) is 3.91. The van der Waals surface area contributed by atoms with Crippen LogP contribution in [0.3, 0.4) is 0 Å². The van der Waals surface area contributed by atoms with Crippen molar-refractivity contribution in [3.63, 3.8) is 0 Å². The van der Waals surface area contributed by atoms with E-state index in [-0.39, 0.29) is 5.92 Å². The van der Waals surface area contributed by atoms with E-state index in [4.69, 9.17) is 4.74 Å². The van der Waals surface area contributed by atoms with Gasteiger partial charge in [-0.3, -0.25) is 9.69 Å². The van der Waals surface area contributed by atoms with Gasteiger partial charge in [-0.15, -0.1) is 0 Å². The van der Waals surface area contributed by atoms with Gasteiger partial charge in [0.25, 0.3) is 0 Å². The summed E-state index contributed by atoms with van der Waals surface area (Å²) in [7, 11) is 0. The second-order valence-electron chi connectivity index (χ2n) is 7.62. The van der Waals surface area contributed by atoms with Crippen molar-refractivity contribution in [2.45, 2.75) is 58.8 Å². The zero-order valence-electron chi connectivity index (χ0n) is 15.2. The van der Waals surface area contributed by atoms with Gasteiger partial charge in [0.1, 0.15) is 0 Å². The molecule has 0 aromatic rings. The Morgan fingerprint density at radius 3 is 2.57 bits per heavy atom. The van der Waals surface area contributed by atoms with Crippen LogP contribution >= 0.6 is 0 Å². The molecule has 1 aliphatic heterocycles. The van der Waals surface area contributed by atoms with Crippen molar-refractivity contribution in [2.24, 2.45) is 17.8 Å². The Morgan fingerprint density at radius 1 is 1.22 bits per heavy atom. The maximum Gasteiger partial charge on any atom is 0.223 e. The minimum atomic E-state index is 0.267. The first-order chi connectivity index (χ1) is 11.2. The highest BCUT2D eigenvalue weighted by Crippen LogP contribution is 2.31. The molecular formula is C19H36N2O2. The maximum atomic E-state index is 12.4. The van der Waals surface area contributed by atoms with Crippen LogP contribution in [0.25, 0.3) is 0 Å². The Morgan fingerprint density at radius 2 is 1.91 bits per heavy atom. The van der Waals surface area contributed by atoms with Crippen LogP contribution in [-0.2, 0) is 9.53 Å². The van der Waals surface area contributed by atoms with E-state index in [1.807, 2.05) is 0 Å². The number of hydrogen-bond acceptors (Lipinski definition) is 3. The Labute approximate surface area is 142 Å². The van der Waals surface area contributed by atoms with Crippen molar-refractivity contribution in [2.75, 3.05) is 39.4 Å². The lowest BCUT2D eigenvalue weighted by atomic mass is 9.79. The van der Waals surface area contributed by atoms with Gasteiger partial charge in [-0.1, -0.05) is 33.1 Å². The van der Waals surface area contributed by atoms with Gasteiger partial charge in [-0.05, 0) is 37.5 Å². The second-order valence-corrected chi connectivity index (χ2v) is 7.62. The molecule has 0 aromatic heterocycles. The molecule has 4 heteroatoms. The molecule has 4 nitrogen and oxygen atoms in total. The summed E-state index contributed by atoms with van der Waals surface area (Å²) in [6.07, 6.45) is 8.70. The first kappa shape index (κ1) is 18.7. The molecule has 1 heterocycles. The van der Waals surface area contributed by atoms with E-state index in [9.17, 15) is 4.79 Å². The Hall–Kier alpha value is -0.610. The molecule has 1 saturated carbocycles. The van der Waals surface area contributed by atoms with Crippen molar-refractivity contribution in [3.8, 4) is 0 Å². The van der Waals surface area contributed by atoms with Crippen molar-refractivity contribution in [1.82, 2.24) is 10.2 Å². The second kappa shape index (κ2) is 10.3. The van der Waals surface area contributed by atoms with Crippen LogP contribution in [0.4, 0.5) is 0 Å². The molecule has 23 heavy (non-hydrogen) atoms. The number of nitrogens with zero attached hydrogens (tertiary/aromatic N) is 1. The van der Waals surface area contributed by atoms with Crippen LogP contribution in [-0.4, -0.2) is 50.2 Å². The number of ether oxygens (including phenoxy) is 1. The molecular weight excluding hydrogens is 288 g/mol. The lowest BCUT2D eigenvalue weighted by Gasteiger charge is -2.30. The van der Waals surface area contributed by atoms with Crippen molar-refractivity contribution < 1.29 is 9.53 Å². The highest BCUT2D eigenvalue weighted by Gasteiger charge is 2.26. The molecule has 2 aliphatic rings. The summed E-state index contributed by atoms with van der Waals surface area (Å²) >= 11 is 0. The normalized spacial score (nSPS) is 27.6. The van der Waals surface area contributed by atoms with E-state index >= 15 is 0 Å². The third-order valence-corrected chi connectivity index (χ3v) is 5.48. The van der Waals surface area contributed by atoms with Gasteiger partial charge in [0.2, 0.25) is 5.91 Å². The lowest BCUT2D eigenvalue weighted by Crippen LogP contribution is -2.42. The molecule has 1 N–H and O–H groups in total. The smallest absolute Gasteiger partial charge is 0.223 e. The molecule has 1 aliphatic carbocycles. The van der Waals surface area contributed by atoms with Gasteiger partial charge >= 0.3 is 0 Å². The molecule has 134 valence electrons. The van der Waals surface area contributed by atoms with Gasteiger partial charge in [-0.2, -0.15) is 0 Å². The number of unbranched alkanes of at least 4 members (excludes halogenated alkanes) is 1. The lowest BCUT2D eigenvalue weighted by molar-refractivity contribution is -0.126. The predicted octanol–water partition coefficient (Wildman–Crippen LogP) is 3.07. The zero-order chi connectivity index (χ0) is 16.5. The van der Waals surface area contributed by atoms with Crippen LogP contribution in [0.15, 0.2) is 0 Å². The van der Waals surface area contributed by atoms with E-state index < -0.39 is 0 Å². The molecule has 1 atom stereocenters. The highest BCUT2D eigenvalue weighted by atomic mass is 16.5. The first-order valence-electron chi connectivity index (χ1n) is 9.76. The van der Waals surface area contributed by atoms with Gasteiger partial charge in [0, 0.05) is 32.1 Å². The van der Waals surface area contributed by atoms with E-state index in [0.29, 0.717) is 11.8 Å². The molecule has 0 spiro atoms. The minimum Gasteiger partial charge on any atom is -0.379 e. The number of carbonyl (C=O) groups excluding carboxylic acids is 1.